The van der Waals surface area contributed by atoms with Crippen molar-refractivity contribution in [2.45, 2.75) is 124 Å². The number of nitrogens with two attached hydrogens (primary N) is 2. The minimum atomic E-state index is -0.282. The monoisotopic (exact) mass is 578 g/mol. The average Bonchev–Trinajstić information content (AvgIpc) is 3.30. The summed E-state index contributed by atoms with van der Waals surface area (Å²) in [7, 11) is 0. The molecule has 5 heteroatoms. The first-order chi connectivity index (χ1) is 20.0. The number of hydrogen-bond donors (Lipinski definition) is 2. The van der Waals surface area contributed by atoms with Crippen LogP contribution in [-0.2, 0) is 9.53 Å². The van der Waals surface area contributed by atoms with E-state index in [1.165, 1.54) is 57.8 Å². The van der Waals surface area contributed by atoms with E-state index in [2.05, 4.69) is 40.7 Å². The van der Waals surface area contributed by atoms with Gasteiger partial charge < -0.3 is 20.9 Å². The molecule has 0 aliphatic heterocycles. The number of hydrogen-bond acceptors (Lipinski definition) is 5. The molecule has 5 rings (SSSR count). The number of fused-ring (bicyclic) bond motifs is 5. The number of carbonyl (C=O) groups excluding carboxylic acids is 1. The van der Waals surface area contributed by atoms with Crippen molar-refractivity contribution >= 4 is 17.3 Å². The number of carbonyl (C=O) groups is 1. The third-order valence-corrected chi connectivity index (χ3v) is 12.4. The summed E-state index contributed by atoms with van der Waals surface area (Å²) in [5.74, 6) is 5.30. The van der Waals surface area contributed by atoms with Crippen LogP contribution in [0.25, 0.3) is 0 Å². The molecule has 0 radical (unpaired) electrons. The van der Waals surface area contributed by atoms with Crippen LogP contribution in [0, 0.1) is 46.3 Å². The summed E-state index contributed by atoms with van der Waals surface area (Å²) in [5.41, 5.74) is 15.1. The Morgan fingerprint density at radius 1 is 1.00 bits per heavy atom. The summed E-state index contributed by atoms with van der Waals surface area (Å²) in [6.45, 7) is 13.2. The lowest BCUT2D eigenvalue weighted by atomic mass is 9.47. The molecule has 4 aliphatic carbocycles. The van der Waals surface area contributed by atoms with Gasteiger partial charge in [0.15, 0.2) is 5.75 Å². The number of esters is 1. The molecule has 42 heavy (non-hydrogen) atoms. The highest BCUT2D eigenvalue weighted by Gasteiger charge is 2.59. The number of nitrogen functional groups attached to an aromatic ring is 2. The van der Waals surface area contributed by atoms with Gasteiger partial charge in [0.2, 0.25) is 0 Å². The van der Waals surface area contributed by atoms with Gasteiger partial charge >= 0.3 is 5.97 Å². The molecule has 4 aliphatic rings. The van der Waals surface area contributed by atoms with Crippen LogP contribution in [0.3, 0.4) is 0 Å². The van der Waals surface area contributed by atoms with Gasteiger partial charge in [-0.15, -0.1) is 0 Å². The quantitative estimate of drug-likeness (QED) is 0.0899. The van der Waals surface area contributed by atoms with Gasteiger partial charge in [-0.05, 0) is 122 Å². The standard InChI is InChI=1S/C37H58N2O3/c1-24(2)8-6-9-25(3)30-14-15-31-29-13-11-26-22-28(17-19-36(26,4)32(29)18-20-37(30,31)5)41-21-7-10-35(40)42-34-16-12-27(38)23-33(34)39/h11-12,16,23-25,28-32H,6-10,13-15,17-22,38-39H2,1-5H3. The van der Waals surface area contributed by atoms with Gasteiger partial charge in [-0.1, -0.05) is 65.5 Å². The van der Waals surface area contributed by atoms with Gasteiger partial charge in [0.25, 0.3) is 0 Å². The van der Waals surface area contributed by atoms with Crippen molar-refractivity contribution in [2.75, 3.05) is 18.1 Å². The minimum absolute atomic E-state index is 0.265. The van der Waals surface area contributed by atoms with E-state index in [0.717, 1.165) is 48.3 Å². The zero-order chi connectivity index (χ0) is 30.1. The van der Waals surface area contributed by atoms with Gasteiger partial charge in [0, 0.05) is 18.7 Å². The summed E-state index contributed by atoms with van der Waals surface area (Å²) in [6, 6.07) is 4.94. The van der Waals surface area contributed by atoms with Crippen molar-refractivity contribution in [1.29, 1.82) is 0 Å². The fourth-order valence-corrected chi connectivity index (χ4v) is 10.1. The van der Waals surface area contributed by atoms with Gasteiger partial charge in [-0.3, -0.25) is 4.79 Å². The molecule has 8 atom stereocenters. The molecule has 0 spiro atoms. The summed E-state index contributed by atoms with van der Waals surface area (Å²) in [6.07, 6.45) is 18.5. The van der Waals surface area contributed by atoms with Crippen LogP contribution >= 0.6 is 0 Å². The Bertz CT molecular complexity index is 1130. The van der Waals surface area contributed by atoms with E-state index in [9.17, 15) is 4.79 Å². The Labute approximate surface area is 255 Å². The number of allylic oxidation sites excluding steroid dienone is 1. The molecule has 3 saturated carbocycles. The van der Waals surface area contributed by atoms with Crippen LogP contribution in [0.2, 0.25) is 0 Å². The summed E-state index contributed by atoms with van der Waals surface area (Å²) in [4.78, 5) is 12.3. The second kappa shape index (κ2) is 12.9. The predicted molar refractivity (Wildman–Crippen MR) is 173 cm³/mol. The van der Waals surface area contributed by atoms with E-state index in [4.69, 9.17) is 20.9 Å². The second-order valence-corrected chi connectivity index (χ2v) is 15.4. The number of anilines is 2. The third kappa shape index (κ3) is 6.42. The summed E-state index contributed by atoms with van der Waals surface area (Å²) >= 11 is 0. The largest absolute Gasteiger partial charge is 0.424 e. The van der Waals surface area contributed by atoms with E-state index in [1.54, 1.807) is 23.8 Å². The van der Waals surface area contributed by atoms with Crippen molar-refractivity contribution in [3.63, 3.8) is 0 Å². The minimum Gasteiger partial charge on any atom is -0.424 e. The Hall–Kier alpha value is -2.01. The molecule has 234 valence electrons. The van der Waals surface area contributed by atoms with Crippen molar-refractivity contribution in [1.82, 2.24) is 0 Å². The number of benzene rings is 1. The molecule has 0 amide bonds. The van der Waals surface area contributed by atoms with Crippen molar-refractivity contribution in [3.05, 3.63) is 29.8 Å². The van der Waals surface area contributed by atoms with Crippen LogP contribution in [-0.4, -0.2) is 18.7 Å². The molecule has 4 N–H and O–H groups in total. The van der Waals surface area contributed by atoms with Crippen molar-refractivity contribution in [2.24, 2.45) is 46.3 Å². The molecule has 8 unspecified atom stereocenters. The highest BCUT2D eigenvalue weighted by molar-refractivity contribution is 5.75. The van der Waals surface area contributed by atoms with Crippen LogP contribution in [0.5, 0.6) is 5.75 Å². The Morgan fingerprint density at radius 3 is 2.57 bits per heavy atom. The van der Waals surface area contributed by atoms with E-state index >= 15 is 0 Å². The van der Waals surface area contributed by atoms with E-state index in [0.29, 0.717) is 47.4 Å². The molecule has 1 aromatic carbocycles. The molecule has 0 saturated heterocycles. The average molecular weight is 579 g/mol. The first kappa shape index (κ1) is 31.4. The van der Waals surface area contributed by atoms with E-state index in [1.807, 2.05) is 0 Å². The Balaban J connectivity index is 1.11. The van der Waals surface area contributed by atoms with Crippen LogP contribution < -0.4 is 16.2 Å². The lowest BCUT2D eigenvalue weighted by molar-refractivity contribution is -0.134. The maximum absolute atomic E-state index is 12.3. The van der Waals surface area contributed by atoms with Gasteiger partial charge in [-0.2, -0.15) is 0 Å². The smallest absolute Gasteiger partial charge is 0.311 e. The van der Waals surface area contributed by atoms with Gasteiger partial charge in [0.05, 0.1) is 11.8 Å². The van der Waals surface area contributed by atoms with Crippen molar-refractivity contribution in [3.8, 4) is 5.75 Å². The molecule has 1 aromatic rings. The SMILES string of the molecule is CC(C)CCCC(C)C1CCC2C3CC=C4CC(OCCCC(=O)Oc5ccc(N)cc5N)CCC4(C)C3CCC12C. The van der Waals surface area contributed by atoms with E-state index in [-0.39, 0.29) is 12.1 Å². The fraction of sp³-hybridized carbons (Fsp3) is 0.757. The van der Waals surface area contributed by atoms with Gasteiger partial charge in [0.1, 0.15) is 0 Å². The first-order valence-electron chi connectivity index (χ1n) is 17.2. The van der Waals surface area contributed by atoms with Crippen LogP contribution in [0.1, 0.15) is 118 Å². The lowest BCUT2D eigenvalue weighted by Gasteiger charge is -2.58. The topological polar surface area (TPSA) is 87.6 Å². The molecular weight excluding hydrogens is 520 g/mol. The third-order valence-electron chi connectivity index (χ3n) is 12.4. The molecule has 5 nitrogen and oxygen atoms in total. The number of ether oxygens (including phenoxy) is 2. The van der Waals surface area contributed by atoms with Crippen LogP contribution in [0.4, 0.5) is 11.4 Å². The Kier molecular flexibility index (Phi) is 9.67. The van der Waals surface area contributed by atoms with Crippen molar-refractivity contribution < 1.29 is 14.3 Å². The molecule has 0 heterocycles. The predicted octanol–water partition coefficient (Wildman–Crippen LogP) is 8.96. The summed E-state index contributed by atoms with van der Waals surface area (Å²) in [5, 5.41) is 0. The van der Waals surface area contributed by atoms with Gasteiger partial charge in [-0.25, -0.2) is 0 Å². The molecule has 0 aromatic heterocycles. The van der Waals surface area contributed by atoms with Crippen LogP contribution in [0.15, 0.2) is 29.8 Å². The molecular formula is C37H58N2O3. The summed E-state index contributed by atoms with van der Waals surface area (Å²) < 4.78 is 11.8. The first-order valence-corrected chi connectivity index (χ1v) is 17.2. The maximum Gasteiger partial charge on any atom is 0.311 e. The highest BCUT2D eigenvalue weighted by atomic mass is 16.5. The zero-order valence-corrected chi connectivity index (χ0v) is 27.1. The lowest BCUT2D eigenvalue weighted by Crippen LogP contribution is -2.51. The normalized spacial score (nSPS) is 34.7. The maximum atomic E-state index is 12.3. The molecule has 0 bridgehead atoms. The zero-order valence-electron chi connectivity index (χ0n) is 27.1. The fourth-order valence-electron chi connectivity index (χ4n) is 10.1. The highest BCUT2D eigenvalue weighted by Crippen LogP contribution is 2.67. The molecule has 3 fully saturated rings. The second-order valence-electron chi connectivity index (χ2n) is 15.4. The Morgan fingerprint density at radius 2 is 1.81 bits per heavy atom. The number of rotatable bonds is 11. The van der Waals surface area contributed by atoms with E-state index < -0.39 is 0 Å².